The molecule has 130 valence electrons. The minimum atomic E-state index is -0.373. The number of halogens is 1. The van der Waals surface area contributed by atoms with Crippen molar-refractivity contribution in [2.24, 2.45) is 0 Å². The molecule has 2 aliphatic rings. The van der Waals surface area contributed by atoms with E-state index in [-0.39, 0.29) is 17.4 Å². The molecule has 0 saturated carbocycles. The monoisotopic (exact) mass is 352 g/mol. The van der Waals surface area contributed by atoms with Crippen LogP contribution < -0.4 is 16.0 Å². The Balaban J connectivity index is 1.52. The van der Waals surface area contributed by atoms with Gasteiger partial charge in [0, 0.05) is 38.3 Å². The molecule has 3 rings (SSSR count). The van der Waals surface area contributed by atoms with Gasteiger partial charge in [-0.15, -0.1) is 0 Å². The Morgan fingerprint density at radius 1 is 1.33 bits per heavy atom. The van der Waals surface area contributed by atoms with Crippen LogP contribution in [0.15, 0.2) is 12.1 Å². The third-order valence-electron chi connectivity index (χ3n) is 4.15. The number of hydrogen-bond acceptors (Lipinski definition) is 4. The molecule has 2 heterocycles. The van der Waals surface area contributed by atoms with Crippen molar-refractivity contribution in [3.63, 3.8) is 0 Å². The van der Waals surface area contributed by atoms with Gasteiger partial charge in [-0.2, -0.15) is 0 Å². The summed E-state index contributed by atoms with van der Waals surface area (Å²) < 4.78 is 19.5. The predicted molar refractivity (Wildman–Crippen MR) is 94.8 cm³/mol. The third-order valence-corrected chi connectivity index (χ3v) is 4.40. The van der Waals surface area contributed by atoms with Gasteiger partial charge in [0.1, 0.15) is 5.82 Å². The molecular formula is C16H21FN4O2S. The topological polar surface area (TPSA) is 65.6 Å². The van der Waals surface area contributed by atoms with Gasteiger partial charge in [-0.25, -0.2) is 4.39 Å². The molecular weight excluding hydrogens is 331 g/mol. The molecule has 1 saturated heterocycles. The van der Waals surface area contributed by atoms with Crippen molar-refractivity contribution in [1.82, 2.24) is 10.2 Å². The largest absolute Gasteiger partial charge is 0.379 e. The summed E-state index contributed by atoms with van der Waals surface area (Å²) in [5, 5.41) is 9.07. The number of fused-ring (bicyclic) bond motifs is 1. The van der Waals surface area contributed by atoms with Crippen molar-refractivity contribution in [2.45, 2.75) is 12.8 Å². The number of aryl methyl sites for hydroxylation is 1. The molecule has 2 aliphatic heterocycles. The molecule has 8 heteroatoms. The van der Waals surface area contributed by atoms with Crippen molar-refractivity contribution in [3.8, 4) is 0 Å². The summed E-state index contributed by atoms with van der Waals surface area (Å²) in [4.78, 5) is 13.7. The summed E-state index contributed by atoms with van der Waals surface area (Å²) in [6.07, 6.45) is 0.946. The number of carbonyl (C=O) groups excluding carboxylic acids is 1. The Morgan fingerprint density at radius 3 is 2.92 bits per heavy atom. The zero-order valence-corrected chi connectivity index (χ0v) is 14.2. The Bertz CT molecular complexity index is 635. The van der Waals surface area contributed by atoms with Crippen LogP contribution in [0.25, 0.3) is 0 Å². The van der Waals surface area contributed by atoms with Gasteiger partial charge in [0.15, 0.2) is 5.11 Å². The molecule has 0 unspecified atom stereocenters. The van der Waals surface area contributed by atoms with E-state index in [1.165, 1.54) is 6.07 Å². The minimum absolute atomic E-state index is 0.0497. The van der Waals surface area contributed by atoms with Gasteiger partial charge in [-0.05, 0) is 36.3 Å². The first kappa shape index (κ1) is 17.1. The molecule has 0 spiro atoms. The molecule has 6 nitrogen and oxygen atoms in total. The van der Waals surface area contributed by atoms with Crippen LogP contribution in [0.5, 0.6) is 0 Å². The van der Waals surface area contributed by atoms with Crippen molar-refractivity contribution in [3.05, 3.63) is 23.5 Å². The molecule has 3 N–H and O–H groups in total. The van der Waals surface area contributed by atoms with E-state index in [1.807, 2.05) is 0 Å². The highest BCUT2D eigenvalue weighted by Crippen LogP contribution is 2.28. The van der Waals surface area contributed by atoms with Crippen LogP contribution in [0, 0.1) is 5.82 Å². The number of carbonyl (C=O) groups is 1. The highest BCUT2D eigenvalue weighted by molar-refractivity contribution is 7.80. The first-order chi connectivity index (χ1) is 11.6. The van der Waals surface area contributed by atoms with Crippen LogP contribution >= 0.6 is 12.2 Å². The molecule has 0 aliphatic carbocycles. The number of morpholine rings is 1. The molecule has 24 heavy (non-hydrogen) atoms. The van der Waals surface area contributed by atoms with Crippen molar-refractivity contribution < 1.29 is 13.9 Å². The second kappa shape index (κ2) is 7.87. The van der Waals surface area contributed by atoms with E-state index >= 15 is 0 Å². The highest BCUT2D eigenvalue weighted by atomic mass is 32.1. The number of nitrogens with zero attached hydrogens (tertiary/aromatic N) is 1. The van der Waals surface area contributed by atoms with Gasteiger partial charge in [0.25, 0.3) is 0 Å². The quantitative estimate of drug-likeness (QED) is 0.711. The summed E-state index contributed by atoms with van der Waals surface area (Å²) in [7, 11) is 0. The molecule has 0 radical (unpaired) electrons. The van der Waals surface area contributed by atoms with Crippen LogP contribution in [0.1, 0.15) is 12.0 Å². The van der Waals surface area contributed by atoms with Gasteiger partial charge in [0.2, 0.25) is 5.91 Å². The number of amides is 1. The maximum Gasteiger partial charge on any atom is 0.224 e. The van der Waals surface area contributed by atoms with Gasteiger partial charge < -0.3 is 20.7 Å². The summed E-state index contributed by atoms with van der Waals surface area (Å²) >= 11 is 5.22. The first-order valence-electron chi connectivity index (χ1n) is 8.09. The molecule has 1 aromatic rings. The van der Waals surface area contributed by atoms with Crippen LogP contribution in [0.2, 0.25) is 0 Å². The molecule has 0 bridgehead atoms. The Labute approximate surface area is 145 Å². The Kier molecular flexibility index (Phi) is 5.60. The molecule has 1 amide bonds. The van der Waals surface area contributed by atoms with Crippen LogP contribution in [-0.4, -0.2) is 55.3 Å². The molecule has 1 aromatic carbocycles. The van der Waals surface area contributed by atoms with Gasteiger partial charge in [-0.3, -0.25) is 9.69 Å². The SMILES string of the molecule is O=C1CCc2cc(F)c(NC(=S)NCCN3CCOCC3)cc2N1. The van der Waals surface area contributed by atoms with Crippen molar-refractivity contribution in [2.75, 3.05) is 50.0 Å². The number of rotatable bonds is 4. The van der Waals surface area contributed by atoms with Crippen LogP contribution in [-0.2, 0) is 16.0 Å². The molecule has 0 aromatic heterocycles. The number of nitrogens with one attached hydrogen (secondary N) is 3. The average molecular weight is 352 g/mol. The van der Waals surface area contributed by atoms with Crippen LogP contribution in [0.3, 0.4) is 0 Å². The van der Waals surface area contributed by atoms with E-state index in [4.69, 9.17) is 17.0 Å². The lowest BCUT2D eigenvalue weighted by molar-refractivity contribution is -0.116. The summed E-state index contributed by atoms with van der Waals surface area (Å²) in [6, 6.07) is 3.05. The fourth-order valence-electron chi connectivity index (χ4n) is 2.81. The van der Waals surface area contributed by atoms with Crippen molar-refractivity contribution in [1.29, 1.82) is 0 Å². The van der Waals surface area contributed by atoms with E-state index in [9.17, 15) is 9.18 Å². The normalized spacial score (nSPS) is 17.8. The van der Waals surface area contributed by atoms with E-state index in [2.05, 4.69) is 20.9 Å². The Morgan fingerprint density at radius 2 is 2.12 bits per heavy atom. The number of hydrogen-bond donors (Lipinski definition) is 3. The van der Waals surface area contributed by atoms with E-state index in [0.29, 0.717) is 30.2 Å². The first-order valence-corrected chi connectivity index (χ1v) is 8.50. The predicted octanol–water partition coefficient (Wildman–Crippen LogP) is 1.33. The number of anilines is 2. The number of benzene rings is 1. The summed E-state index contributed by atoms with van der Waals surface area (Å²) in [5.41, 5.74) is 1.72. The van der Waals surface area contributed by atoms with Gasteiger partial charge >= 0.3 is 0 Å². The average Bonchev–Trinajstić information content (AvgIpc) is 2.57. The summed E-state index contributed by atoms with van der Waals surface area (Å²) in [5.74, 6) is -0.423. The zero-order chi connectivity index (χ0) is 16.9. The van der Waals surface area contributed by atoms with Crippen LogP contribution in [0.4, 0.5) is 15.8 Å². The smallest absolute Gasteiger partial charge is 0.224 e. The standard InChI is InChI=1S/C16H21FN4O2S/c17-12-9-11-1-2-15(22)19-13(11)10-14(12)20-16(24)18-3-4-21-5-7-23-8-6-21/h9-10H,1-8H2,(H,19,22)(H2,18,20,24). The number of ether oxygens (including phenoxy) is 1. The maximum absolute atomic E-state index is 14.2. The zero-order valence-electron chi connectivity index (χ0n) is 13.4. The molecule has 0 atom stereocenters. The summed E-state index contributed by atoms with van der Waals surface area (Å²) in [6.45, 7) is 4.88. The van der Waals surface area contributed by atoms with E-state index in [0.717, 1.165) is 38.4 Å². The lowest BCUT2D eigenvalue weighted by Gasteiger charge is -2.26. The lowest BCUT2D eigenvalue weighted by atomic mass is 10.0. The maximum atomic E-state index is 14.2. The van der Waals surface area contributed by atoms with E-state index in [1.54, 1.807) is 6.07 Å². The van der Waals surface area contributed by atoms with Gasteiger partial charge in [0.05, 0.1) is 18.9 Å². The fraction of sp³-hybridized carbons (Fsp3) is 0.500. The second-order valence-corrected chi connectivity index (χ2v) is 6.28. The Hall–Kier alpha value is -1.77. The second-order valence-electron chi connectivity index (χ2n) is 5.87. The van der Waals surface area contributed by atoms with Gasteiger partial charge in [-0.1, -0.05) is 0 Å². The van der Waals surface area contributed by atoms with E-state index < -0.39 is 0 Å². The minimum Gasteiger partial charge on any atom is -0.379 e. The highest BCUT2D eigenvalue weighted by Gasteiger charge is 2.18. The fourth-order valence-corrected chi connectivity index (χ4v) is 3.03. The lowest BCUT2D eigenvalue weighted by Crippen LogP contribution is -2.42. The third kappa shape index (κ3) is 4.40. The molecule has 1 fully saturated rings. The van der Waals surface area contributed by atoms with Crippen molar-refractivity contribution >= 4 is 34.6 Å². The number of thiocarbonyl (C=S) groups is 1.